The molecule has 0 radical (unpaired) electrons. The van der Waals surface area contributed by atoms with Crippen LogP contribution in [-0.2, 0) is 0 Å². The monoisotopic (exact) mass is 675 g/mol. The van der Waals surface area contributed by atoms with Gasteiger partial charge in [0.2, 0.25) is 0 Å². The fourth-order valence-corrected chi connectivity index (χ4v) is 7.96. The lowest BCUT2D eigenvalue weighted by atomic mass is 9.92. The normalized spacial score (nSPS) is 11.8. The van der Waals surface area contributed by atoms with Crippen molar-refractivity contribution < 1.29 is 4.42 Å². The van der Waals surface area contributed by atoms with Gasteiger partial charge in [-0.3, -0.25) is 0 Å². The molecule has 0 bridgehead atoms. The summed E-state index contributed by atoms with van der Waals surface area (Å²) < 4.78 is 6.55. The zero-order chi connectivity index (χ0) is 34.9. The van der Waals surface area contributed by atoms with E-state index < -0.39 is 0 Å². The highest BCUT2D eigenvalue weighted by molar-refractivity contribution is 6.21. The molecular formula is C49H29N3O. The molecule has 0 spiro atoms. The van der Waals surface area contributed by atoms with Crippen molar-refractivity contribution in [2.75, 3.05) is 0 Å². The van der Waals surface area contributed by atoms with Gasteiger partial charge in [-0.1, -0.05) is 152 Å². The molecule has 0 saturated heterocycles. The molecule has 11 aromatic rings. The smallest absolute Gasteiger partial charge is 0.164 e. The van der Waals surface area contributed by atoms with Gasteiger partial charge in [-0.05, 0) is 78.5 Å². The minimum atomic E-state index is 0.634. The molecule has 53 heavy (non-hydrogen) atoms. The molecule has 0 atom stereocenters. The summed E-state index contributed by atoms with van der Waals surface area (Å²) >= 11 is 0. The van der Waals surface area contributed by atoms with Crippen LogP contribution in [0.5, 0.6) is 0 Å². The van der Waals surface area contributed by atoms with Crippen LogP contribution in [0.25, 0.3) is 110 Å². The van der Waals surface area contributed by atoms with Crippen molar-refractivity contribution in [2.45, 2.75) is 0 Å². The largest absolute Gasteiger partial charge is 0.456 e. The summed E-state index contributed by atoms with van der Waals surface area (Å²) in [6.45, 7) is 0. The first-order chi connectivity index (χ1) is 26.2. The molecule has 0 aliphatic rings. The summed E-state index contributed by atoms with van der Waals surface area (Å²) in [6, 6.07) is 61.6. The molecule has 0 N–H and O–H groups in total. The molecule has 11 rings (SSSR count). The van der Waals surface area contributed by atoms with Crippen LogP contribution in [0.2, 0.25) is 0 Å². The average molecular weight is 676 g/mol. The molecule has 2 aromatic heterocycles. The third-order valence-corrected chi connectivity index (χ3v) is 10.5. The van der Waals surface area contributed by atoms with Crippen molar-refractivity contribution in [1.29, 1.82) is 0 Å². The quantitative estimate of drug-likeness (QED) is 0.174. The maximum atomic E-state index is 6.55. The topological polar surface area (TPSA) is 51.8 Å². The highest BCUT2D eigenvalue weighted by Crippen LogP contribution is 2.42. The Morgan fingerprint density at radius 1 is 0.302 bits per heavy atom. The minimum absolute atomic E-state index is 0.634. The summed E-state index contributed by atoms with van der Waals surface area (Å²) in [6.07, 6.45) is 0. The van der Waals surface area contributed by atoms with Crippen LogP contribution in [0.15, 0.2) is 180 Å². The van der Waals surface area contributed by atoms with Gasteiger partial charge in [0, 0.05) is 27.5 Å². The second-order valence-corrected chi connectivity index (χ2v) is 13.6. The lowest BCUT2D eigenvalue weighted by molar-refractivity contribution is 0.669. The maximum absolute atomic E-state index is 6.55. The van der Waals surface area contributed by atoms with Crippen LogP contribution >= 0.6 is 0 Å². The second-order valence-electron chi connectivity index (χ2n) is 13.6. The van der Waals surface area contributed by atoms with Gasteiger partial charge in [0.05, 0.1) is 0 Å². The van der Waals surface area contributed by atoms with Crippen LogP contribution in [0.4, 0.5) is 0 Å². The van der Waals surface area contributed by atoms with Crippen LogP contribution in [0.3, 0.4) is 0 Å². The summed E-state index contributed by atoms with van der Waals surface area (Å²) in [5.74, 6) is 1.92. The zero-order valence-electron chi connectivity index (χ0n) is 28.5. The number of nitrogens with zero attached hydrogens (tertiary/aromatic N) is 3. The molecule has 4 nitrogen and oxygen atoms in total. The van der Waals surface area contributed by atoms with E-state index in [4.69, 9.17) is 19.4 Å². The first-order valence-corrected chi connectivity index (χ1v) is 17.9. The first kappa shape index (κ1) is 29.5. The summed E-state index contributed by atoms with van der Waals surface area (Å²) in [5.41, 5.74) is 6.85. The first-order valence-electron chi connectivity index (χ1n) is 17.9. The standard InChI is InChI=1S/C49H29N3O/c1-2-13-32(14-3-1)47-50-48(35-26-23-30-11-4-5-15-33(30)27-35)52-49(51-47)41-21-9-17-37-38(18-8-19-39(37)41)40-20-10-22-44-46(40)43-29-42-34(28-45(43)53-44)25-24-31-12-6-7-16-36(31)42/h1-29H. The van der Waals surface area contributed by atoms with Crippen molar-refractivity contribution in [2.24, 2.45) is 0 Å². The Bertz CT molecular complexity index is 3240. The van der Waals surface area contributed by atoms with E-state index in [2.05, 4.69) is 146 Å². The van der Waals surface area contributed by atoms with E-state index in [1.165, 1.54) is 26.9 Å². The van der Waals surface area contributed by atoms with E-state index in [1.54, 1.807) is 0 Å². The molecule has 9 aromatic carbocycles. The van der Waals surface area contributed by atoms with Gasteiger partial charge in [-0.15, -0.1) is 0 Å². The molecule has 0 amide bonds. The van der Waals surface area contributed by atoms with Gasteiger partial charge < -0.3 is 4.42 Å². The Labute approximate surface area is 304 Å². The van der Waals surface area contributed by atoms with Gasteiger partial charge in [0.15, 0.2) is 17.5 Å². The van der Waals surface area contributed by atoms with Crippen molar-refractivity contribution >= 4 is 65.0 Å². The van der Waals surface area contributed by atoms with E-state index in [9.17, 15) is 0 Å². The summed E-state index contributed by atoms with van der Waals surface area (Å²) in [4.78, 5) is 15.3. The van der Waals surface area contributed by atoms with E-state index >= 15 is 0 Å². The number of hydrogen-bond acceptors (Lipinski definition) is 4. The van der Waals surface area contributed by atoms with E-state index in [0.717, 1.165) is 65.9 Å². The predicted octanol–water partition coefficient (Wildman–Crippen LogP) is 13.1. The maximum Gasteiger partial charge on any atom is 0.164 e. The third-order valence-electron chi connectivity index (χ3n) is 10.5. The molecule has 0 aliphatic heterocycles. The Hall–Kier alpha value is -7.17. The molecule has 0 unspecified atom stereocenters. The molecule has 0 aliphatic carbocycles. The van der Waals surface area contributed by atoms with Crippen molar-refractivity contribution in [1.82, 2.24) is 15.0 Å². The highest BCUT2D eigenvalue weighted by atomic mass is 16.3. The number of fused-ring (bicyclic) bond motifs is 8. The van der Waals surface area contributed by atoms with Crippen LogP contribution in [0, 0.1) is 0 Å². The van der Waals surface area contributed by atoms with Gasteiger partial charge >= 0.3 is 0 Å². The molecule has 4 heteroatoms. The third kappa shape index (κ3) is 4.80. The SMILES string of the molecule is c1ccc(-c2nc(-c3ccc4ccccc4c3)nc(-c3cccc4c(-c5cccc6oc7cc8ccc9ccccc9c8cc7c56)cccc34)n2)cc1. The molecule has 0 saturated carbocycles. The van der Waals surface area contributed by atoms with Gasteiger partial charge in [0.25, 0.3) is 0 Å². The molecule has 0 fully saturated rings. The summed E-state index contributed by atoms with van der Waals surface area (Å²) in [5, 5.41) is 11.6. The second kappa shape index (κ2) is 11.7. The minimum Gasteiger partial charge on any atom is -0.456 e. The highest BCUT2D eigenvalue weighted by Gasteiger charge is 2.19. The van der Waals surface area contributed by atoms with Crippen LogP contribution < -0.4 is 0 Å². The van der Waals surface area contributed by atoms with Gasteiger partial charge in [-0.25, -0.2) is 15.0 Å². The van der Waals surface area contributed by atoms with E-state index in [1.807, 2.05) is 30.3 Å². The molecular weight excluding hydrogens is 647 g/mol. The van der Waals surface area contributed by atoms with Crippen molar-refractivity contribution in [3.63, 3.8) is 0 Å². The van der Waals surface area contributed by atoms with Crippen molar-refractivity contribution in [3.05, 3.63) is 176 Å². The number of rotatable bonds is 4. The number of benzene rings is 9. The number of aromatic nitrogens is 3. The van der Waals surface area contributed by atoms with Crippen LogP contribution in [0.1, 0.15) is 0 Å². The Balaban J connectivity index is 1.13. The van der Waals surface area contributed by atoms with Gasteiger partial charge in [0.1, 0.15) is 11.2 Å². The fraction of sp³-hybridized carbons (Fsp3) is 0. The Morgan fingerprint density at radius 3 is 1.79 bits per heavy atom. The number of furan rings is 1. The predicted molar refractivity (Wildman–Crippen MR) is 219 cm³/mol. The average Bonchev–Trinajstić information content (AvgIpc) is 3.60. The van der Waals surface area contributed by atoms with E-state index in [-0.39, 0.29) is 0 Å². The lowest BCUT2D eigenvalue weighted by Gasteiger charge is -2.13. The van der Waals surface area contributed by atoms with E-state index in [0.29, 0.717) is 17.5 Å². The fourth-order valence-electron chi connectivity index (χ4n) is 7.96. The van der Waals surface area contributed by atoms with Crippen LogP contribution in [-0.4, -0.2) is 15.0 Å². The Kier molecular flexibility index (Phi) is 6.52. The molecule has 246 valence electrons. The lowest BCUT2D eigenvalue weighted by Crippen LogP contribution is -2.00. The number of hydrogen-bond donors (Lipinski definition) is 0. The molecule has 2 heterocycles. The summed E-state index contributed by atoms with van der Waals surface area (Å²) in [7, 11) is 0. The van der Waals surface area contributed by atoms with Crippen molar-refractivity contribution in [3.8, 4) is 45.3 Å². The van der Waals surface area contributed by atoms with Gasteiger partial charge in [-0.2, -0.15) is 0 Å². The Morgan fingerprint density at radius 2 is 0.925 bits per heavy atom. The zero-order valence-corrected chi connectivity index (χ0v) is 28.5.